The number of imidazole rings is 1. The minimum Gasteiger partial charge on any atom is -0.491 e. The van der Waals surface area contributed by atoms with Crippen molar-refractivity contribution < 1.29 is 14.4 Å². The summed E-state index contributed by atoms with van der Waals surface area (Å²) in [5.74, 6) is 1.32. The highest BCUT2D eigenvalue weighted by molar-refractivity contribution is 6.30. The molecule has 156 valence electrons. The molecule has 3 rings (SSSR count). The molecule has 0 fully saturated rings. The molecule has 0 aliphatic heterocycles. The Morgan fingerprint density at radius 3 is 2.52 bits per heavy atom. The van der Waals surface area contributed by atoms with Crippen LogP contribution in [0.25, 0.3) is 11.0 Å². The van der Waals surface area contributed by atoms with Crippen molar-refractivity contribution in [1.82, 2.24) is 9.47 Å². The van der Waals surface area contributed by atoms with Gasteiger partial charge >= 0.3 is 5.95 Å². The third-order valence-corrected chi connectivity index (χ3v) is 5.45. The molecule has 0 spiro atoms. The van der Waals surface area contributed by atoms with Crippen LogP contribution in [0.15, 0.2) is 48.5 Å². The minimum atomic E-state index is -0.694. The van der Waals surface area contributed by atoms with E-state index in [0.717, 1.165) is 37.2 Å². The Morgan fingerprint density at radius 1 is 1.14 bits per heavy atom. The van der Waals surface area contributed by atoms with Crippen molar-refractivity contribution in [2.24, 2.45) is 0 Å². The third kappa shape index (κ3) is 5.21. The van der Waals surface area contributed by atoms with Crippen LogP contribution in [0.2, 0.25) is 5.02 Å². The van der Waals surface area contributed by atoms with Gasteiger partial charge in [-0.2, -0.15) is 0 Å². The zero-order chi connectivity index (χ0) is 20.8. The molecule has 0 unspecified atom stereocenters. The summed E-state index contributed by atoms with van der Waals surface area (Å²) in [6.07, 6.45) is -0.694. The third-order valence-electron chi connectivity index (χ3n) is 5.20. The molecule has 0 saturated carbocycles. The lowest BCUT2D eigenvalue weighted by atomic mass is 10.3. The number of hydrogen-bond acceptors (Lipinski definition) is 4. The molecule has 1 heterocycles. The van der Waals surface area contributed by atoms with E-state index in [2.05, 4.69) is 29.4 Å². The normalized spacial score (nSPS) is 12.6. The molecule has 0 radical (unpaired) electrons. The molecule has 7 heteroatoms. The molecule has 29 heavy (non-hydrogen) atoms. The first-order valence-corrected chi connectivity index (χ1v) is 10.5. The highest BCUT2D eigenvalue weighted by atomic mass is 35.5. The molecule has 1 atom stereocenters. The zero-order valence-electron chi connectivity index (χ0n) is 17.1. The molecule has 3 N–H and O–H groups in total. The fourth-order valence-electron chi connectivity index (χ4n) is 3.51. The first-order chi connectivity index (χ1) is 14.0. The largest absolute Gasteiger partial charge is 0.491 e. The van der Waals surface area contributed by atoms with E-state index in [1.807, 2.05) is 22.8 Å². The number of ether oxygens (including phenoxy) is 1. The van der Waals surface area contributed by atoms with Crippen molar-refractivity contribution >= 4 is 28.6 Å². The Hall–Kier alpha value is -2.28. The van der Waals surface area contributed by atoms with Crippen LogP contribution in [0.1, 0.15) is 13.8 Å². The van der Waals surface area contributed by atoms with Gasteiger partial charge in [0.15, 0.2) is 0 Å². The van der Waals surface area contributed by atoms with Crippen molar-refractivity contribution in [1.29, 1.82) is 0 Å². The Kier molecular flexibility index (Phi) is 7.36. The van der Waals surface area contributed by atoms with Gasteiger partial charge in [-0.3, -0.25) is 5.73 Å². The molecular weight excluding hydrogens is 388 g/mol. The van der Waals surface area contributed by atoms with Gasteiger partial charge in [-0.15, -0.1) is 0 Å². The van der Waals surface area contributed by atoms with Crippen LogP contribution in [0.5, 0.6) is 5.75 Å². The fourth-order valence-corrected chi connectivity index (χ4v) is 3.63. The average Bonchev–Trinajstić information content (AvgIpc) is 3.00. The standard InChI is InChI=1S/C22H29ClN4O2/c1-3-25(4-2)13-14-26-20-7-5-6-8-21(20)27(22(26)24)15-18(28)16-29-19-11-9-17(23)10-12-19/h5-12,18,24,28H,3-4,13-16H2,1-2H3/p+1/t18-/m1/s1. The van der Waals surface area contributed by atoms with E-state index in [9.17, 15) is 5.11 Å². The lowest BCUT2D eigenvalue weighted by Crippen LogP contribution is -2.44. The summed E-state index contributed by atoms with van der Waals surface area (Å²) in [5, 5.41) is 11.2. The number of rotatable bonds is 10. The molecule has 0 aliphatic carbocycles. The van der Waals surface area contributed by atoms with Crippen molar-refractivity contribution in [3.8, 4) is 5.75 Å². The summed E-state index contributed by atoms with van der Waals surface area (Å²) in [6.45, 7) is 8.62. The lowest BCUT2D eigenvalue weighted by Gasteiger charge is -2.17. The van der Waals surface area contributed by atoms with E-state index in [0.29, 0.717) is 23.3 Å². The molecule has 0 aliphatic rings. The predicted octanol–water partition coefficient (Wildman–Crippen LogP) is 2.95. The molecular formula is C22H30ClN4O2+. The van der Waals surface area contributed by atoms with E-state index in [4.69, 9.17) is 22.1 Å². The first kappa shape index (κ1) is 21.4. The summed E-state index contributed by atoms with van der Waals surface area (Å²) < 4.78 is 9.78. The number of aromatic nitrogens is 2. The van der Waals surface area contributed by atoms with Gasteiger partial charge in [0, 0.05) is 11.6 Å². The predicted molar refractivity (Wildman–Crippen MR) is 117 cm³/mol. The zero-order valence-corrected chi connectivity index (χ0v) is 17.8. The summed E-state index contributed by atoms with van der Waals surface area (Å²) in [5.41, 5.74) is 8.58. The highest BCUT2D eigenvalue weighted by Gasteiger charge is 2.23. The lowest BCUT2D eigenvalue weighted by molar-refractivity contribution is -0.665. The van der Waals surface area contributed by atoms with Gasteiger partial charge in [0.05, 0.1) is 6.54 Å². The van der Waals surface area contributed by atoms with Gasteiger partial charge in [0.1, 0.15) is 36.0 Å². The van der Waals surface area contributed by atoms with Crippen molar-refractivity contribution in [3.63, 3.8) is 0 Å². The second-order valence-electron chi connectivity index (χ2n) is 7.05. The Balaban J connectivity index is 1.74. The molecule has 6 nitrogen and oxygen atoms in total. The SMILES string of the molecule is CCN(CC)CCn1c(N)[n+](C[C@@H](O)COc2ccc(Cl)cc2)c2ccccc21. The Bertz CT molecular complexity index is 922. The van der Waals surface area contributed by atoms with Crippen LogP contribution in [-0.2, 0) is 13.1 Å². The number of aliphatic hydroxyl groups excluding tert-OH is 1. The van der Waals surface area contributed by atoms with Crippen LogP contribution >= 0.6 is 11.6 Å². The van der Waals surface area contributed by atoms with E-state index >= 15 is 0 Å². The van der Waals surface area contributed by atoms with E-state index < -0.39 is 6.10 Å². The molecule has 1 aromatic heterocycles. The van der Waals surface area contributed by atoms with Gasteiger partial charge < -0.3 is 14.7 Å². The quantitative estimate of drug-likeness (QED) is 0.498. The first-order valence-electron chi connectivity index (χ1n) is 10.1. The maximum Gasteiger partial charge on any atom is 0.356 e. The maximum atomic E-state index is 10.6. The van der Waals surface area contributed by atoms with Gasteiger partial charge in [-0.05, 0) is 49.5 Å². The summed E-state index contributed by atoms with van der Waals surface area (Å²) in [4.78, 5) is 2.37. The molecule has 2 aromatic carbocycles. The molecule has 3 aromatic rings. The van der Waals surface area contributed by atoms with Crippen LogP contribution in [0, 0.1) is 0 Å². The number of benzene rings is 2. The van der Waals surface area contributed by atoms with Gasteiger partial charge in [0.25, 0.3) is 0 Å². The Labute approximate surface area is 177 Å². The van der Waals surface area contributed by atoms with Crippen molar-refractivity contribution in [2.75, 3.05) is 32.0 Å². The van der Waals surface area contributed by atoms with Crippen LogP contribution in [-0.4, -0.2) is 46.9 Å². The smallest absolute Gasteiger partial charge is 0.356 e. The second kappa shape index (κ2) is 9.96. The highest BCUT2D eigenvalue weighted by Crippen LogP contribution is 2.18. The van der Waals surface area contributed by atoms with E-state index in [1.165, 1.54) is 0 Å². The number of para-hydroxylation sites is 2. The number of halogens is 1. The van der Waals surface area contributed by atoms with Crippen molar-refractivity contribution in [3.05, 3.63) is 53.6 Å². The average molecular weight is 418 g/mol. The number of nitrogen functional groups attached to an aromatic ring is 1. The van der Waals surface area contributed by atoms with Crippen LogP contribution in [0.3, 0.4) is 0 Å². The second-order valence-corrected chi connectivity index (χ2v) is 7.49. The number of hydrogen-bond donors (Lipinski definition) is 2. The van der Waals surface area contributed by atoms with E-state index in [1.54, 1.807) is 24.3 Å². The maximum absolute atomic E-state index is 10.6. The molecule has 0 amide bonds. The fraction of sp³-hybridized carbons (Fsp3) is 0.409. The summed E-state index contributed by atoms with van der Waals surface area (Å²) in [6, 6.07) is 15.2. The van der Waals surface area contributed by atoms with Crippen molar-refractivity contribution in [2.45, 2.75) is 33.0 Å². The number of nitrogens with zero attached hydrogens (tertiary/aromatic N) is 3. The number of nitrogens with two attached hydrogens (primary N) is 1. The molecule has 0 saturated heterocycles. The van der Waals surface area contributed by atoms with Gasteiger partial charge in [-0.1, -0.05) is 37.6 Å². The molecule has 0 bridgehead atoms. The Morgan fingerprint density at radius 2 is 1.83 bits per heavy atom. The number of fused-ring (bicyclic) bond motifs is 1. The summed E-state index contributed by atoms with van der Waals surface area (Å²) >= 11 is 5.89. The van der Waals surface area contributed by atoms with Gasteiger partial charge in [-0.25, -0.2) is 9.13 Å². The topological polar surface area (TPSA) is 67.5 Å². The van der Waals surface area contributed by atoms with Gasteiger partial charge in [0.2, 0.25) is 0 Å². The van der Waals surface area contributed by atoms with Crippen LogP contribution in [0.4, 0.5) is 5.95 Å². The summed E-state index contributed by atoms with van der Waals surface area (Å²) in [7, 11) is 0. The monoisotopic (exact) mass is 417 g/mol. The van der Waals surface area contributed by atoms with Crippen LogP contribution < -0.4 is 15.0 Å². The number of likely N-dealkylation sites (N-methyl/N-ethyl adjacent to an activating group) is 1. The number of aliphatic hydroxyl groups is 1. The minimum absolute atomic E-state index is 0.174. The number of anilines is 1. The van der Waals surface area contributed by atoms with E-state index in [-0.39, 0.29) is 6.61 Å².